The maximum Gasteiger partial charge on any atom is 0.339 e. The fourth-order valence-corrected chi connectivity index (χ4v) is 5.14. The first-order valence-corrected chi connectivity index (χ1v) is 12.4. The largest absolute Gasteiger partial charge is 0.379 e. The number of carbonyl (C=O) groups excluding carboxylic acids is 2. The molecule has 0 atom stereocenters. The van der Waals surface area contributed by atoms with Crippen LogP contribution in [0.3, 0.4) is 0 Å². The highest BCUT2D eigenvalue weighted by atomic mass is 32.2. The van der Waals surface area contributed by atoms with Crippen LogP contribution < -0.4 is 4.18 Å². The Hall–Kier alpha value is -3.96. The molecule has 0 bridgehead atoms. The van der Waals surface area contributed by atoms with Gasteiger partial charge in [0.2, 0.25) is 0 Å². The van der Waals surface area contributed by atoms with Gasteiger partial charge >= 0.3 is 10.1 Å². The Morgan fingerprint density at radius 3 is 2.43 bits per heavy atom. The van der Waals surface area contributed by atoms with Crippen LogP contribution in [0.2, 0.25) is 0 Å². The number of hydrogen-bond acceptors (Lipinski definition) is 8. The maximum absolute atomic E-state index is 12.8. The zero-order chi connectivity index (χ0) is 25.2. The summed E-state index contributed by atoms with van der Waals surface area (Å²) in [6.07, 6.45) is 1.54. The van der Waals surface area contributed by atoms with E-state index in [-0.39, 0.29) is 33.0 Å². The van der Waals surface area contributed by atoms with Gasteiger partial charge in [-0.1, -0.05) is 48.0 Å². The molecule has 178 valence electrons. The lowest BCUT2D eigenvalue weighted by atomic mass is 10.1. The van der Waals surface area contributed by atoms with Crippen LogP contribution in [-0.2, 0) is 21.5 Å². The van der Waals surface area contributed by atoms with Crippen molar-refractivity contribution in [2.45, 2.75) is 18.4 Å². The molecule has 3 aromatic rings. The SMILES string of the molecule is Cc1cccc(CN2C(=O)S/C(=C\c3ccc(OS(=O)(=O)c4cccc([N+](=O)[O-])c4)cc3)C2=O)c1. The Balaban J connectivity index is 1.47. The van der Waals surface area contributed by atoms with Crippen LogP contribution in [-0.4, -0.2) is 29.4 Å². The van der Waals surface area contributed by atoms with Crippen LogP contribution in [0.4, 0.5) is 10.5 Å². The molecule has 1 heterocycles. The van der Waals surface area contributed by atoms with Crippen LogP contribution in [0.25, 0.3) is 6.08 Å². The fraction of sp³-hybridized carbons (Fsp3) is 0.0833. The highest BCUT2D eigenvalue weighted by Crippen LogP contribution is 2.33. The number of hydrogen-bond donors (Lipinski definition) is 0. The second-order valence-corrected chi connectivity index (χ2v) is 10.2. The molecule has 0 radical (unpaired) electrons. The first kappa shape index (κ1) is 24.2. The van der Waals surface area contributed by atoms with E-state index in [2.05, 4.69) is 0 Å². The molecule has 0 spiro atoms. The zero-order valence-corrected chi connectivity index (χ0v) is 19.9. The molecule has 11 heteroatoms. The number of imide groups is 1. The number of nitro groups is 1. The summed E-state index contributed by atoms with van der Waals surface area (Å²) < 4.78 is 30.0. The molecule has 0 unspecified atom stereocenters. The molecule has 1 fully saturated rings. The van der Waals surface area contributed by atoms with Gasteiger partial charge in [-0.2, -0.15) is 8.42 Å². The van der Waals surface area contributed by atoms with Crippen LogP contribution in [0.5, 0.6) is 5.75 Å². The second-order valence-electron chi connectivity index (χ2n) is 7.62. The molecule has 1 aliphatic rings. The van der Waals surface area contributed by atoms with E-state index in [0.717, 1.165) is 29.0 Å². The molecular weight excluding hydrogens is 492 g/mol. The number of nitrogens with zero attached hydrogens (tertiary/aromatic N) is 2. The van der Waals surface area contributed by atoms with Gasteiger partial charge in [-0.15, -0.1) is 0 Å². The van der Waals surface area contributed by atoms with Crippen molar-refractivity contribution in [1.29, 1.82) is 0 Å². The number of rotatable bonds is 7. The smallest absolute Gasteiger partial charge is 0.339 e. The van der Waals surface area contributed by atoms with E-state index < -0.39 is 20.9 Å². The molecule has 0 aliphatic carbocycles. The number of carbonyl (C=O) groups is 2. The molecular formula is C24H18N2O7S2. The molecule has 9 nitrogen and oxygen atoms in total. The minimum absolute atomic E-state index is 0.0128. The highest BCUT2D eigenvalue weighted by Gasteiger charge is 2.35. The van der Waals surface area contributed by atoms with E-state index in [9.17, 15) is 28.1 Å². The highest BCUT2D eigenvalue weighted by molar-refractivity contribution is 8.18. The summed E-state index contributed by atoms with van der Waals surface area (Å²) in [4.78, 5) is 36.4. The van der Waals surface area contributed by atoms with Crippen molar-refractivity contribution in [3.05, 3.63) is 105 Å². The summed E-state index contributed by atoms with van der Waals surface area (Å²) >= 11 is 0.832. The van der Waals surface area contributed by atoms with Crippen LogP contribution >= 0.6 is 11.8 Å². The van der Waals surface area contributed by atoms with Gasteiger partial charge < -0.3 is 4.18 Å². The van der Waals surface area contributed by atoms with Crippen molar-refractivity contribution in [2.24, 2.45) is 0 Å². The predicted octanol–water partition coefficient (Wildman–Crippen LogP) is 4.91. The normalized spacial score (nSPS) is 15.0. The van der Waals surface area contributed by atoms with Crippen molar-refractivity contribution in [3.8, 4) is 5.75 Å². The lowest BCUT2D eigenvalue weighted by Gasteiger charge is -2.12. The molecule has 4 rings (SSSR count). The molecule has 0 aromatic heterocycles. The van der Waals surface area contributed by atoms with Gasteiger partial charge in [0.05, 0.1) is 16.4 Å². The summed E-state index contributed by atoms with van der Waals surface area (Å²) in [6.45, 7) is 2.10. The van der Waals surface area contributed by atoms with Gasteiger partial charge in [-0.25, -0.2) is 0 Å². The minimum atomic E-state index is -4.29. The van der Waals surface area contributed by atoms with Crippen molar-refractivity contribution in [1.82, 2.24) is 4.90 Å². The molecule has 35 heavy (non-hydrogen) atoms. The summed E-state index contributed by atoms with van der Waals surface area (Å²) in [5.41, 5.74) is 2.06. The average Bonchev–Trinajstić information content (AvgIpc) is 3.07. The Bertz CT molecular complexity index is 1470. The first-order valence-electron chi connectivity index (χ1n) is 10.2. The zero-order valence-electron chi connectivity index (χ0n) is 18.3. The van der Waals surface area contributed by atoms with Gasteiger partial charge in [0, 0.05) is 12.1 Å². The van der Waals surface area contributed by atoms with Crippen molar-refractivity contribution in [3.63, 3.8) is 0 Å². The van der Waals surface area contributed by atoms with Gasteiger partial charge in [-0.3, -0.25) is 24.6 Å². The Morgan fingerprint density at radius 1 is 1.03 bits per heavy atom. The van der Waals surface area contributed by atoms with E-state index in [1.165, 1.54) is 47.4 Å². The lowest BCUT2D eigenvalue weighted by molar-refractivity contribution is -0.385. The Labute approximate surface area is 205 Å². The van der Waals surface area contributed by atoms with E-state index in [1.54, 1.807) is 6.08 Å². The Morgan fingerprint density at radius 2 is 1.74 bits per heavy atom. The monoisotopic (exact) mass is 510 g/mol. The summed E-state index contributed by atoms with van der Waals surface area (Å²) in [5.74, 6) is -0.420. The van der Waals surface area contributed by atoms with Gasteiger partial charge in [0.15, 0.2) is 0 Å². The molecule has 1 aliphatic heterocycles. The molecule has 0 N–H and O–H groups in total. The number of nitro benzene ring substituents is 1. The first-order chi connectivity index (χ1) is 16.6. The summed E-state index contributed by atoms with van der Waals surface area (Å²) in [6, 6.07) is 17.9. The number of benzene rings is 3. The summed E-state index contributed by atoms with van der Waals surface area (Å²) in [5, 5.41) is 10.5. The van der Waals surface area contributed by atoms with Crippen molar-refractivity contribution in [2.75, 3.05) is 0 Å². The van der Waals surface area contributed by atoms with Crippen molar-refractivity contribution >= 4 is 44.8 Å². The molecule has 1 saturated heterocycles. The minimum Gasteiger partial charge on any atom is -0.379 e. The third-order valence-corrected chi connectivity index (χ3v) is 7.15. The molecule has 0 saturated carbocycles. The number of amides is 2. The van der Waals surface area contributed by atoms with Gasteiger partial charge in [0.1, 0.15) is 10.6 Å². The summed E-state index contributed by atoms with van der Waals surface area (Å²) in [7, 11) is -4.29. The quantitative estimate of drug-likeness (QED) is 0.190. The van der Waals surface area contributed by atoms with E-state index >= 15 is 0 Å². The van der Waals surface area contributed by atoms with Crippen LogP contribution in [0, 0.1) is 17.0 Å². The Kier molecular flexibility index (Phi) is 6.72. The lowest BCUT2D eigenvalue weighted by Crippen LogP contribution is -2.27. The van der Waals surface area contributed by atoms with Gasteiger partial charge in [-0.05, 0) is 54.1 Å². The fourth-order valence-electron chi connectivity index (χ4n) is 3.33. The number of aryl methyl sites for hydroxylation is 1. The van der Waals surface area contributed by atoms with Crippen LogP contribution in [0.15, 0.2) is 82.6 Å². The second kappa shape index (κ2) is 9.72. The van der Waals surface area contributed by atoms with E-state index in [4.69, 9.17) is 4.18 Å². The molecule has 2 amide bonds. The third-order valence-electron chi connectivity index (χ3n) is 5.00. The van der Waals surface area contributed by atoms with Crippen LogP contribution in [0.1, 0.15) is 16.7 Å². The number of thioether (sulfide) groups is 1. The predicted molar refractivity (Wildman–Crippen MR) is 130 cm³/mol. The topological polar surface area (TPSA) is 124 Å². The number of non-ortho nitro benzene ring substituents is 1. The van der Waals surface area contributed by atoms with Gasteiger partial charge in [0.25, 0.3) is 16.8 Å². The molecule has 3 aromatic carbocycles. The maximum atomic E-state index is 12.8. The van der Waals surface area contributed by atoms with E-state index in [1.807, 2.05) is 31.2 Å². The van der Waals surface area contributed by atoms with Crippen molar-refractivity contribution < 1.29 is 27.1 Å². The van der Waals surface area contributed by atoms with E-state index in [0.29, 0.717) is 5.56 Å². The third kappa shape index (κ3) is 5.58. The average molecular weight is 511 g/mol. The standard InChI is InChI=1S/C24H18N2O7S2/c1-16-4-2-5-18(12-16)15-25-23(27)22(34-24(25)28)13-17-8-10-20(11-9-17)33-35(31,32)21-7-3-6-19(14-21)26(29)30/h2-14H,15H2,1H3/b22-13-.